The molecule has 1 atom stereocenters. The van der Waals surface area contributed by atoms with Crippen LogP contribution < -0.4 is 5.32 Å². The number of Topliss-reactive ketones (excluding diaryl/α,β-unsaturated/α-hetero) is 1. The van der Waals surface area contributed by atoms with E-state index in [-0.39, 0.29) is 11.7 Å². The lowest BCUT2D eigenvalue weighted by Crippen LogP contribution is -2.28. The van der Waals surface area contributed by atoms with Crippen molar-refractivity contribution in [1.29, 1.82) is 0 Å². The van der Waals surface area contributed by atoms with Gasteiger partial charge in [0.25, 0.3) is 0 Å². The number of furan rings is 1. The molecule has 0 radical (unpaired) electrons. The number of hydrogen-bond donors (Lipinski definition) is 1. The van der Waals surface area contributed by atoms with Crippen LogP contribution in [0.25, 0.3) is 0 Å². The maximum Gasteiger partial charge on any atom is 0.203 e. The van der Waals surface area contributed by atoms with E-state index >= 15 is 0 Å². The molecule has 68 valence electrons. The quantitative estimate of drug-likeness (QED) is 0.697. The predicted molar refractivity (Wildman–Crippen MR) is 48.3 cm³/mol. The van der Waals surface area contributed by atoms with Crippen LogP contribution in [0, 0.1) is 5.92 Å². The summed E-state index contributed by atoms with van der Waals surface area (Å²) in [6.07, 6.45) is 6.17. The first kappa shape index (κ1) is 8.10. The van der Waals surface area contributed by atoms with E-state index in [1.54, 1.807) is 12.1 Å². The number of rotatable bonds is 2. The highest BCUT2D eigenvalue weighted by molar-refractivity contribution is 5.95. The molecule has 1 N–H and O–H groups in total. The third-order valence-corrected chi connectivity index (χ3v) is 2.16. The lowest BCUT2D eigenvalue weighted by atomic mass is 9.97. The van der Waals surface area contributed by atoms with Crippen molar-refractivity contribution in [2.75, 3.05) is 6.54 Å². The largest absolute Gasteiger partial charge is 0.461 e. The Bertz CT molecular complexity index is 314. The lowest BCUT2D eigenvalue weighted by Gasteiger charge is -2.16. The average Bonchev–Trinajstić information content (AvgIpc) is 2.71. The standard InChI is InChI=1S/C10H11NO2/c12-10(9-4-2-6-13-9)8-3-1-5-11-7-8/h1-2,4-6,8,11H,3,7H2. The van der Waals surface area contributed by atoms with Gasteiger partial charge in [0.2, 0.25) is 5.78 Å². The zero-order valence-electron chi connectivity index (χ0n) is 7.19. The van der Waals surface area contributed by atoms with Crippen LogP contribution in [0.2, 0.25) is 0 Å². The molecular weight excluding hydrogens is 166 g/mol. The molecule has 2 rings (SSSR count). The highest BCUT2D eigenvalue weighted by Gasteiger charge is 2.21. The third-order valence-electron chi connectivity index (χ3n) is 2.16. The van der Waals surface area contributed by atoms with Crippen molar-refractivity contribution in [2.24, 2.45) is 5.92 Å². The monoisotopic (exact) mass is 177 g/mol. The third kappa shape index (κ3) is 1.64. The number of hydrogen-bond acceptors (Lipinski definition) is 3. The van der Waals surface area contributed by atoms with Crippen LogP contribution in [-0.4, -0.2) is 12.3 Å². The van der Waals surface area contributed by atoms with Gasteiger partial charge < -0.3 is 9.73 Å². The second kappa shape index (κ2) is 3.47. The van der Waals surface area contributed by atoms with E-state index in [0.29, 0.717) is 12.3 Å². The molecular formula is C10H11NO2. The van der Waals surface area contributed by atoms with E-state index in [2.05, 4.69) is 5.32 Å². The summed E-state index contributed by atoms with van der Waals surface area (Å²) >= 11 is 0. The van der Waals surface area contributed by atoms with Gasteiger partial charge in [-0.15, -0.1) is 0 Å². The summed E-state index contributed by atoms with van der Waals surface area (Å²) in [4.78, 5) is 11.7. The number of nitrogens with one attached hydrogen (secondary N) is 1. The molecule has 0 saturated heterocycles. The summed E-state index contributed by atoms with van der Waals surface area (Å²) < 4.78 is 5.05. The Morgan fingerprint density at radius 1 is 1.62 bits per heavy atom. The van der Waals surface area contributed by atoms with Crippen LogP contribution in [0.3, 0.4) is 0 Å². The minimum atomic E-state index is 0.0242. The van der Waals surface area contributed by atoms with Gasteiger partial charge in [-0.1, -0.05) is 6.08 Å². The number of ketones is 1. The molecule has 0 amide bonds. The Labute approximate surface area is 76.4 Å². The molecule has 0 spiro atoms. The topological polar surface area (TPSA) is 42.2 Å². The molecule has 0 saturated carbocycles. The molecule has 3 heteroatoms. The SMILES string of the molecule is O=C(c1ccco1)C1CC=CNC1. The first-order valence-electron chi connectivity index (χ1n) is 4.34. The summed E-state index contributed by atoms with van der Waals surface area (Å²) in [5, 5.41) is 3.03. The molecule has 1 aliphatic heterocycles. The number of allylic oxidation sites excluding steroid dienone is 1. The molecule has 0 fully saturated rings. The molecule has 1 aromatic rings. The Morgan fingerprint density at radius 3 is 3.15 bits per heavy atom. The average molecular weight is 177 g/mol. The van der Waals surface area contributed by atoms with Crippen molar-refractivity contribution >= 4 is 5.78 Å². The smallest absolute Gasteiger partial charge is 0.203 e. The van der Waals surface area contributed by atoms with E-state index in [1.807, 2.05) is 12.3 Å². The van der Waals surface area contributed by atoms with E-state index in [9.17, 15) is 4.79 Å². The molecule has 0 aliphatic carbocycles. The normalized spacial score (nSPS) is 21.1. The van der Waals surface area contributed by atoms with Crippen molar-refractivity contribution in [3.8, 4) is 0 Å². The van der Waals surface area contributed by atoms with Crippen molar-refractivity contribution in [3.05, 3.63) is 36.4 Å². The van der Waals surface area contributed by atoms with E-state index < -0.39 is 0 Å². The summed E-state index contributed by atoms with van der Waals surface area (Å²) in [6, 6.07) is 3.44. The van der Waals surface area contributed by atoms with Crippen LogP contribution in [0.5, 0.6) is 0 Å². The fraction of sp³-hybridized carbons (Fsp3) is 0.300. The van der Waals surface area contributed by atoms with Crippen molar-refractivity contribution in [3.63, 3.8) is 0 Å². The Hall–Kier alpha value is -1.51. The van der Waals surface area contributed by atoms with Gasteiger partial charge in [0.05, 0.1) is 6.26 Å². The van der Waals surface area contributed by atoms with E-state index in [1.165, 1.54) is 6.26 Å². The van der Waals surface area contributed by atoms with Crippen LogP contribution in [0.1, 0.15) is 17.0 Å². The van der Waals surface area contributed by atoms with Gasteiger partial charge in [-0.3, -0.25) is 4.79 Å². The van der Waals surface area contributed by atoms with E-state index in [4.69, 9.17) is 4.42 Å². The summed E-state index contributed by atoms with van der Waals surface area (Å²) in [6.45, 7) is 0.704. The Kier molecular flexibility index (Phi) is 2.17. The van der Waals surface area contributed by atoms with E-state index in [0.717, 1.165) is 6.42 Å². The van der Waals surface area contributed by atoms with Gasteiger partial charge >= 0.3 is 0 Å². The fourth-order valence-corrected chi connectivity index (χ4v) is 1.43. The first-order chi connectivity index (χ1) is 6.38. The van der Waals surface area contributed by atoms with Crippen LogP contribution in [0.4, 0.5) is 0 Å². The molecule has 1 aliphatic rings. The second-order valence-corrected chi connectivity index (χ2v) is 3.08. The molecule has 0 bridgehead atoms. The molecule has 0 aromatic carbocycles. The summed E-state index contributed by atoms with van der Waals surface area (Å²) in [5.74, 6) is 0.570. The fourth-order valence-electron chi connectivity index (χ4n) is 1.43. The molecule has 3 nitrogen and oxygen atoms in total. The summed E-state index contributed by atoms with van der Waals surface area (Å²) in [7, 11) is 0. The molecule has 1 aromatic heterocycles. The van der Waals surface area contributed by atoms with Crippen LogP contribution >= 0.6 is 0 Å². The van der Waals surface area contributed by atoms with Crippen molar-refractivity contribution in [2.45, 2.75) is 6.42 Å². The minimum Gasteiger partial charge on any atom is -0.461 e. The Morgan fingerprint density at radius 2 is 2.54 bits per heavy atom. The Balaban J connectivity index is 2.09. The molecule has 1 unspecified atom stereocenters. The molecule has 13 heavy (non-hydrogen) atoms. The van der Waals surface area contributed by atoms with Crippen molar-refractivity contribution < 1.29 is 9.21 Å². The zero-order valence-corrected chi connectivity index (χ0v) is 7.19. The number of carbonyl (C=O) groups is 1. The highest BCUT2D eigenvalue weighted by Crippen LogP contribution is 2.14. The predicted octanol–water partition coefficient (Wildman–Crippen LogP) is 1.59. The number of carbonyl (C=O) groups excluding carboxylic acids is 1. The zero-order chi connectivity index (χ0) is 9.10. The van der Waals surface area contributed by atoms with Gasteiger partial charge in [0.15, 0.2) is 5.76 Å². The summed E-state index contributed by atoms with van der Waals surface area (Å²) in [5.41, 5.74) is 0. The van der Waals surface area contributed by atoms with Crippen LogP contribution in [-0.2, 0) is 0 Å². The van der Waals surface area contributed by atoms with Crippen molar-refractivity contribution in [1.82, 2.24) is 5.32 Å². The van der Waals surface area contributed by atoms with Crippen LogP contribution in [0.15, 0.2) is 35.1 Å². The maximum absolute atomic E-state index is 11.7. The van der Waals surface area contributed by atoms with Gasteiger partial charge in [0, 0.05) is 12.5 Å². The first-order valence-corrected chi connectivity index (χ1v) is 4.34. The van der Waals surface area contributed by atoms with Gasteiger partial charge in [-0.05, 0) is 24.8 Å². The lowest BCUT2D eigenvalue weighted by molar-refractivity contribution is 0.0890. The van der Waals surface area contributed by atoms with Gasteiger partial charge in [0.1, 0.15) is 0 Å². The maximum atomic E-state index is 11.7. The second-order valence-electron chi connectivity index (χ2n) is 3.08. The van der Waals surface area contributed by atoms with Gasteiger partial charge in [-0.2, -0.15) is 0 Å². The highest BCUT2D eigenvalue weighted by atomic mass is 16.3. The minimum absolute atomic E-state index is 0.0242. The molecule has 2 heterocycles. The van der Waals surface area contributed by atoms with Gasteiger partial charge in [-0.25, -0.2) is 0 Å².